The first-order chi connectivity index (χ1) is 11.9. The molecule has 3 rings (SSSR count). The van der Waals surface area contributed by atoms with E-state index >= 15 is 0 Å². The third-order valence-corrected chi connectivity index (χ3v) is 5.08. The lowest BCUT2D eigenvalue weighted by Gasteiger charge is -2.42. The van der Waals surface area contributed by atoms with Gasteiger partial charge >= 0.3 is 0 Å². The van der Waals surface area contributed by atoms with Crippen molar-refractivity contribution < 1.29 is 44.5 Å². The van der Waals surface area contributed by atoms with E-state index in [0.717, 1.165) is 0 Å². The molecule has 0 amide bonds. The Morgan fingerprint density at radius 3 is 2.56 bits per heavy atom. The molecule has 0 aromatic rings. The van der Waals surface area contributed by atoms with E-state index in [1.807, 2.05) is 0 Å². The molecule has 2 fully saturated rings. The number of fused-ring (bicyclic) bond motifs is 1. The van der Waals surface area contributed by atoms with Crippen LogP contribution in [0, 0.1) is 11.8 Å². The van der Waals surface area contributed by atoms with Gasteiger partial charge in [-0.3, -0.25) is 4.79 Å². The second-order valence-corrected chi connectivity index (χ2v) is 6.53. The minimum Gasteiger partial charge on any atom is -0.471 e. The number of ether oxygens (including phenoxy) is 3. The Hall–Kier alpha value is -1.33. The van der Waals surface area contributed by atoms with Crippen LogP contribution in [0.25, 0.3) is 0 Å². The van der Waals surface area contributed by atoms with Crippen molar-refractivity contribution in [2.75, 3.05) is 6.61 Å². The Labute approximate surface area is 143 Å². The van der Waals surface area contributed by atoms with Crippen molar-refractivity contribution in [1.82, 2.24) is 0 Å². The van der Waals surface area contributed by atoms with Gasteiger partial charge in [0, 0.05) is 11.5 Å². The number of hydrogen-bond acceptors (Lipinski definition) is 9. The fraction of sp³-hybridized carbons (Fsp3) is 0.688. The molecule has 0 bridgehead atoms. The van der Waals surface area contributed by atoms with Crippen molar-refractivity contribution >= 4 is 6.29 Å². The van der Waals surface area contributed by atoms with Gasteiger partial charge in [-0.2, -0.15) is 0 Å². The summed E-state index contributed by atoms with van der Waals surface area (Å²) in [5.41, 5.74) is 0.809. The van der Waals surface area contributed by atoms with E-state index in [-0.39, 0.29) is 5.92 Å². The fourth-order valence-electron chi connectivity index (χ4n) is 3.59. The summed E-state index contributed by atoms with van der Waals surface area (Å²) >= 11 is 0. The summed E-state index contributed by atoms with van der Waals surface area (Å²) in [5.74, 6) is -0.879. The molecule has 0 radical (unpaired) electrons. The molecule has 140 valence electrons. The Balaban J connectivity index is 1.79. The lowest BCUT2D eigenvalue weighted by Crippen LogP contribution is -2.60. The van der Waals surface area contributed by atoms with Crippen molar-refractivity contribution in [3.8, 4) is 0 Å². The molecule has 1 aliphatic carbocycles. The average molecular weight is 358 g/mol. The van der Waals surface area contributed by atoms with Crippen molar-refractivity contribution in [2.45, 2.75) is 49.5 Å². The van der Waals surface area contributed by atoms with Gasteiger partial charge in [-0.1, -0.05) is 6.58 Å². The van der Waals surface area contributed by atoms with Gasteiger partial charge in [0.25, 0.3) is 0 Å². The largest absolute Gasteiger partial charge is 0.471 e. The Bertz CT molecular complexity index is 560. The predicted molar refractivity (Wildman–Crippen MR) is 80.6 cm³/mol. The van der Waals surface area contributed by atoms with Gasteiger partial charge in [0.05, 0.1) is 24.9 Å². The van der Waals surface area contributed by atoms with E-state index in [1.165, 1.54) is 6.26 Å². The summed E-state index contributed by atoms with van der Waals surface area (Å²) < 4.78 is 16.3. The third kappa shape index (κ3) is 3.13. The quantitative estimate of drug-likeness (QED) is 0.279. The molecule has 0 spiro atoms. The van der Waals surface area contributed by atoms with Gasteiger partial charge in [-0.15, -0.1) is 0 Å². The SMILES string of the molecule is C=C1[C@H]2[C@H](O[C@@H]3O[C@H](CO)[C@@H](O)[C@H](O)[C@H]3O)OC=C(C=O)[C@H]2C[C@@H]1O. The van der Waals surface area contributed by atoms with Crippen molar-refractivity contribution in [2.24, 2.45) is 11.8 Å². The Morgan fingerprint density at radius 1 is 1.20 bits per heavy atom. The van der Waals surface area contributed by atoms with Crippen LogP contribution in [-0.2, 0) is 19.0 Å². The molecule has 9 heteroatoms. The second-order valence-electron chi connectivity index (χ2n) is 6.53. The topological polar surface area (TPSA) is 146 Å². The molecular formula is C16H22O9. The number of aliphatic hydroxyl groups excluding tert-OH is 5. The minimum absolute atomic E-state index is 0.298. The van der Waals surface area contributed by atoms with Gasteiger partial charge in [-0.05, 0) is 12.0 Å². The maximum Gasteiger partial charge on any atom is 0.208 e. The summed E-state index contributed by atoms with van der Waals surface area (Å²) in [6.07, 6.45) is -6.79. The summed E-state index contributed by atoms with van der Waals surface area (Å²) in [5, 5.41) is 49.0. The highest BCUT2D eigenvalue weighted by Crippen LogP contribution is 2.46. The highest BCUT2D eigenvalue weighted by Gasteiger charge is 2.50. The van der Waals surface area contributed by atoms with Crippen LogP contribution < -0.4 is 0 Å². The molecule has 2 aliphatic heterocycles. The highest BCUT2D eigenvalue weighted by molar-refractivity contribution is 5.74. The van der Waals surface area contributed by atoms with Crippen LogP contribution in [0.5, 0.6) is 0 Å². The molecule has 9 atom stereocenters. The van der Waals surface area contributed by atoms with Crippen molar-refractivity contribution in [1.29, 1.82) is 0 Å². The van der Waals surface area contributed by atoms with E-state index in [9.17, 15) is 30.3 Å². The number of carbonyl (C=O) groups is 1. The molecule has 0 aromatic carbocycles. The summed E-state index contributed by atoms with van der Waals surface area (Å²) in [6.45, 7) is 3.24. The molecule has 1 saturated carbocycles. The highest BCUT2D eigenvalue weighted by atomic mass is 16.8. The first-order valence-corrected chi connectivity index (χ1v) is 8.02. The van der Waals surface area contributed by atoms with Crippen LogP contribution in [0.4, 0.5) is 0 Å². The molecule has 0 unspecified atom stereocenters. The molecule has 1 saturated heterocycles. The maximum atomic E-state index is 11.2. The molecule has 5 N–H and O–H groups in total. The second kappa shape index (κ2) is 7.12. The average Bonchev–Trinajstić information content (AvgIpc) is 2.91. The number of allylic oxidation sites excluding steroid dienone is 1. The summed E-state index contributed by atoms with van der Waals surface area (Å²) in [4.78, 5) is 11.2. The first-order valence-electron chi connectivity index (χ1n) is 8.02. The Morgan fingerprint density at radius 2 is 1.92 bits per heavy atom. The van der Waals surface area contributed by atoms with Crippen molar-refractivity contribution in [3.63, 3.8) is 0 Å². The van der Waals surface area contributed by atoms with E-state index in [0.29, 0.717) is 23.9 Å². The standard InChI is InChI=1S/C16H22O9/c1-6-9(19)2-8-7(3-17)5-23-15(11(6)8)25-16-14(22)13(21)12(20)10(4-18)24-16/h3,5,8-16,18-22H,1-2,4H2/t8-,9+,10-,11-,12-,13+,14-,15+,16+/m1/s1. The zero-order valence-electron chi connectivity index (χ0n) is 13.3. The van der Waals surface area contributed by atoms with Gasteiger partial charge in [0.1, 0.15) is 30.7 Å². The number of rotatable bonds is 4. The fourth-order valence-corrected chi connectivity index (χ4v) is 3.59. The summed E-state index contributed by atoms with van der Waals surface area (Å²) in [7, 11) is 0. The smallest absolute Gasteiger partial charge is 0.208 e. The third-order valence-electron chi connectivity index (χ3n) is 5.08. The van der Waals surface area contributed by atoms with Crippen LogP contribution in [-0.4, -0.2) is 81.5 Å². The number of carbonyl (C=O) groups excluding carboxylic acids is 1. The van der Waals surface area contributed by atoms with E-state index in [2.05, 4.69) is 6.58 Å². The van der Waals surface area contributed by atoms with Crippen LogP contribution in [0.2, 0.25) is 0 Å². The van der Waals surface area contributed by atoms with E-state index in [4.69, 9.17) is 14.2 Å². The lowest BCUT2D eigenvalue weighted by molar-refractivity contribution is -0.339. The maximum absolute atomic E-state index is 11.2. The molecule has 0 aromatic heterocycles. The monoisotopic (exact) mass is 358 g/mol. The van der Waals surface area contributed by atoms with E-state index in [1.54, 1.807) is 0 Å². The van der Waals surface area contributed by atoms with Crippen LogP contribution in [0.3, 0.4) is 0 Å². The molecule has 9 nitrogen and oxygen atoms in total. The van der Waals surface area contributed by atoms with Crippen LogP contribution >= 0.6 is 0 Å². The number of hydrogen-bond donors (Lipinski definition) is 5. The van der Waals surface area contributed by atoms with E-state index < -0.39 is 55.6 Å². The minimum atomic E-state index is -1.58. The molecule has 25 heavy (non-hydrogen) atoms. The first kappa shape index (κ1) is 18.5. The number of aldehydes is 1. The Kier molecular flexibility index (Phi) is 5.26. The predicted octanol–water partition coefficient (Wildman–Crippen LogP) is -2.20. The molecular weight excluding hydrogens is 336 g/mol. The van der Waals surface area contributed by atoms with Gasteiger partial charge in [-0.25, -0.2) is 0 Å². The van der Waals surface area contributed by atoms with Crippen LogP contribution in [0.1, 0.15) is 6.42 Å². The van der Waals surface area contributed by atoms with Crippen molar-refractivity contribution in [3.05, 3.63) is 24.0 Å². The number of aliphatic hydroxyl groups is 5. The van der Waals surface area contributed by atoms with Gasteiger partial charge in [0.15, 0.2) is 6.29 Å². The molecule has 3 aliphatic rings. The normalized spacial score (nSPS) is 47.0. The van der Waals surface area contributed by atoms with Gasteiger partial charge < -0.3 is 39.7 Å². The summed E-state index contributed by atoms with van der Waals surface area (Å²) in [6, 6.07) is 0. The molecule has 2 heterocycles. The van der Waals surface area contributed by atoms with Crippen LogP contribution in [0.15, 0.2) is 24.0 Å². The lowest BCUT2D eigenvalue weighted by atomic mass is 9.86. The van der Waals surface area contributed by atoms with Gasteiger partial charge in [0.2, 0.25) is 6.29 Å². The zero-order valence-corrected chi connectivity index (χ0v) is 13.3. The zero-order chi connectivity index (χ0) is 18.3.